The van der Waals surface area contributed by atoms with Crippen LogP contribution < -0.4 is 5.32 Å². The van der Waals surface area contributed by atoms with Crippen molar-refractivity contribution >= 4 is 26.8 Å². The molecule has 1 aliphatic heterocycles. The second-order valence-electron chi connectivity index (χ2n) is 6.41. The van der Waals surface area contributed by atoms with Gasteiger partial charge in [0.25, 0.3) is 0 Å². The number of nitrogens with one attached hydrogen (secondary N) is 1. The molecule has 19 heavy (non-hydrogen) atoms. The van der Waals surface area contributed by atoms with Gasteiger partial charge in [0.05, 0.1) is 11.3 Å². The minimum Gasteiger partial charge on any atom is -0.359 e. The molecular formula is C13H24N2O2S2. The minimum absolute atomic E-state index is 0.233. The summed E-state index contributed by atoms with van der Waals surface area (Å²) in [6, 6.07) is 0. The molecule has 0 radical (unpaired) electrons. The Hall–Kier alpha value is -0.230. The highest BCUT2D eigenvalue weighted by Gasteiger charge is 2.38. The Morgan fingerprint density at radius 1 is 1.32 bits per heavy atom. The summed E-state index contributed by atoms with van der Waals surface area (Å²) < 4.78 is 22.5. The van der Waals surface area contributed by atoms with E-state index in [9.17, 15) is 8.42 Å². The first-order chi connectivity index (χ1) is 8.74. The van der Waals surface area contributed by atoms with Crippen LogP contribution in [-0.4, -0.2) is 42.4 Å². The molecule has 1 aliphatic carbocycles. The third-order valence-corrected chi connectivity index (χ3v) is 7.61. The van der Waals surface area contributed by atoms with Gasteiger partial charge in [0.15, 0.2) is 15.0 Å². The van der Waals surface area contributed by atoms with Gasteiger partial charge in [-0.15, -0.1) is 0 Å². The quantitative estimate of drug-likeness (QED) is 0.868. The first kappa shape index (κ1) is 15.2. The van der Waals surface area contributed by atoms with Crippen LogP contribution >= 0.6 is 11.8 Å². The Balaban J connectivity index is 1.99. The number of nitrogens with zero attached hydrogens (tertiary/aromatic N) is 1. The molecule has 0 aromatic heterocycles. The number of thioether (sulfide) groups is 1. The second-order valence-corrected chi connectivity index (χ2v) is 10.0. The average Bonchev–Trinajstić information content (AvgIpc) is 2.70. The molecule has 0 amide bonds. The van der Waals surface area contributed by atoms with E-state index >= 15 is 0 Å². The number of rotatable bonds is 3. The highest BCUT2D eigenvalue weighted by atomic mass is 32.2. The lowest BCUT2D eigenvalue weighted by Crippen LogP contribution is -2.45. The van der Waals surface area contributed by atoms with Crippen LogP contribution in [0.1, 0.15) is 46.0 Å². The normalized spacial score (nSPS) is 25.7. The van der Waals surface area contributed by atoms with Gasteiger partial charge >= 0.3 is 0 Å². The summed E-state index contributed by atoms with van der Waals surface area (Å²) in [7, 11) is -3.07. The van der Waals surface area contributed by atoms with Gasteiger partial charge in [0.1, 0.15) is 0 Å². The fraction of sp³-hybridized carbons (Fsp3) is 0.923. The molecule has 0 aromatic carbocycles. The summed E-state index contributed by atoms with van der Waals surface area (Å²) in [4.78, 5) is 4.50. The highest BCUT2D eigenvalue weighted by molar-refractivity contribution is 8.14. The molecule has 2 aliphatic rings. The monoisotopic (exact) mass is 304 g/mol. The highest BCUT2D eigenvalue weighted by Crippen LogP contribution is 2.36. The molecule has 0 aromatic rings. The summed E-state index contributed by atoms with van der Waals surface area (Å²) in [5, 5.41) is 4.48. The standard InChI is InChI=1S/C13H24N2O2S2/c1-12(2,19(3,16)17)9-14-11-15-13(10-18-11)7-5-4-6-8-13/h4-10H2,1-3H3,(H,14,15). The molecule has 6 heteroatoms. The number of hydrogen-bond donors (Lipinski definition) is 1. The van der Waals surface area contributed by atoms with Crippen LogP contribution in [0, 0.1) is 0 Å². The molecule has 2 rings (SSSR count). The maximum absolute atomic E-state index is 11.7. The van der Waals surface area contributed by atoms with Crippen LogP contribution in [0.4, 0.5) is 0 Å². The Morgan fingerprint density at radius 3 is 2.53 bits per heavy atom. The van der Waals surface area contributed by atoms with E-state index in [0.717, 1.165) is 10.9 Å². The van der Waals surface area contributed by atoms with E-state index < -0.39 is 14.6 Å². The summed E-state index contributed by atoms with van der Waals surface area (Å²) in [6.07, 6.45) is 7.63. The lowest BCUT2D eigenvalue weighted by Gasteiger charge is -2.32. The van der Waals surface area contributed by atoms with Crippen molar-refractivity contribution in [1.29, 1.82) is 0 Å². The molecule has 1 N–H and O–H groups in total. The van der Waals surface area contributed by atoms with Gasteiger partial charge in [0.2, 0.25) is 0 Å². The molecule has 110 valence electrons. The van der Waals surface area contributed by atoms with Crippen molar-refractivity contribution < 1.29 is 8.42 Å². The molecular weight excluding hydrogens is 280 g/mol. The molecule has 1 spiro atoms. The molecule has 4 nitrogen and oxygen atoms in total. The summed E-state index contributed by atoms with van der Waals surface area (Å²) in [5.41, 5.74) is 0.233. The minimum atomic E-state index is -3.07. The van der Waals surface area contributed by atoms with Crippen molar-refractivity contribution in [3.05, 3.63) is 0 Å². The van der Waals surface area contributed by atoms with Crippen LogP contribution in [0.2, 0.25) is 0 Å². The number of amidine groups is 1. The summed E-state index contributed by atoms with van der Waals surface area (Å²) in [6.45, 7) is 3.81. The first-order valence-corrected chi connectivity index (χ1v) is 9.77. The smallest absolute Gasteiger partial charge is 0.157 e. The zero-order chi connectivity index (χ0) is 14.1. The van der Waals surface area contributed by atoms with E-state index in [1.54, 1.807) is 25.6 Å². The van der Waals surface area contributed by atoms with E-state index in [2.05, 4.69) is 10.3 Å². The topological polar surface area (TPSA) is 58.5 Å². The molecule has 0 atom stereocenters. The van der Waals surface area contributed by atoms with Gasteiger partial charge in [-0.1, -0.05) is 31.0 Å². The van der Waals surface area contributed by atoms with E-state index in [4.69, 9.17) is 0 Å². The van der Waals surface area contributed by atoms with E-state index in [0.29, 0.717) is 6.54 Å². The van der Waals surface area contributed by atoms with Gasteiger partial charge in [-0.2, -0.15) is 0 Å². The van der Waals surface area contributed by atoms with Crippen molar-refractivity contribution in [1.82, 2.24) is 5.32 Å². The van der Waals surface area contributed by atoms with Gasteiger partial charge in [-0.25, -0.2) is 8.42 Å². The third kappa shape index (κ3) is 3.45. The Morgan fingerprint density at radius 2 is 1.95 bits per heavy atom. The number of aliphatic imine (C=N–C) groups is 1. The predicted molar refractivity (Wildman–Crippen MR) is 82.6 cm³/mol. The molecule has 1 saturated carbocycles. The predicted octanol–water partition coefficient (Wildman–Crippen LogP) is 2.20. The second kappa shape index (κ2) is 5.28. The van der Waals surface area contributed by atoms with Crippen LogP contribution in [0.25, 0.3) is 0 Å². The largest absolute Gasteiger partial charge is 0.359 e. The van der Waals surface area contributed by atoms with Gasteiger partial charge in [-0.05, 0) is 26.7 Å². The van der Waals surface area contributed by atoms with Gasteiger partial charge in [-0.3, -0.25) is 4.99 Å². The van der Waals surface area contributed by atoms with Crippen LogP contribution in [0.5, 0.6) is 0 Å². The Bertz CT molecular complexity index is 463. The first-order valence-electron chi connectivity index (χ1n) is 6.89. The molecule has 0 bridgehead atoms. The molecule has 1 heterocycles. The van der Waals surface area contributed by atoms with Crippen molar-refractivity contribution in [2.45, 2.75) is 56.2 Å². The van der Waals surface area contributed by atoms with Crippen LogP contribution in [0.15, 0.2) is 4.99 Å². The Labute approximate surface area is 120 Å². The van der Waals surface area contributed by atoms with Crippen molar-refractivity contribution in [3.8, 4) is 0 Å². The van der Waals surface area contributed by atoms with Crippen molar-refractivity contribution in [2.24, 2.45) is 4.99 Å². The van der Waals surface area contributed by atoms with E-state index in [-0.39, 0.29) is 5.54 Å². The molecule has 0 unspecified atom stereocenters. The van der Waals surface area contributed by atoms with Crippen LogP contribution in [-0.2, 0) is 9.84 Å². The van der Waals surface area contributed by atoms with E-state index in [1.165, 1.54) is 38.4 Å². The van der Waals surface area contributed by atoms with E-state index in [1.807, 2.05) is 0 Å². The lowest BCUT2D eigenvalue weighted by atomic mass is 9.83. The molecule has 2 fully saturated rings. The Kier molecular flexibility index (Phi) is 4.21. The fourth-order valence-electron chi connectivity index (χ4n) is 2.47. The average molecular weight is 304 g/mol. The lowest BCUT2D eigenvalue weighted by molar-refractivity contribution is 0.303. The maximum Gasteiger partial charge on any atom is 0.157 e. The van der Waals surface area contributed by atoms with Crippen LogP contribution in [0.3, 0.4) is 0 Å². The summed E-state index contributed by atoms with van der Waals surface area (Å²) >= 11 is 1.74. The van der Waals surface area contributed by atoms with Crippen molar-refractivity contribution in [3.63, 3.8) is 0 Å². The summed E-state index contributed by atoms with van der Waals surface area (Å²) in [5.74, 6) is 1.07. The SMILES string of the molecule is CC(C)(CN=C1NC2(CCCCC2)CS1)S(C)(=O)=O. The number of sulfone groups is 1. The third-order valence-electron chi connectivity index (χ3n) is 4.28. The van der Waals surface area contributed by atoms with Gasteiger partial charge < -0.3 is 5.32 Å². The zero-order valence-electron chi connectivity index (χ0n) is 12.0. The molecule has 1 saturated heterocycles. The number of hydrogen-bond acceptors (Lipinski definition) is 4. The zero-order valence-corrected chi connectivity index (χ0v) is 13.7. The fourth-order valence-corrected chi connectivity index (χ4v) is 3.99. The van der Waals surface area contributed by atoms with Crippen molar-refractivity contribution in [2.75, 3.05) is 18.6 Å². The maximum atomic E-state index is 11.7. The van der Waals surface area contributed by atoms with Gasteiger partial charge in [0, 0.05) is 17.5 Å².